The first kappa shape index (κ1) is 13.8. The molecule has 1 amide bonds. The fourth-order valence-electron chi connectivity index (χ4n) is 2.25. The second-order valence-corrected chi connectivity index (χ2v) is 4.89. The number of benzene rings is 1. The number of nitrogens with two attached hydrogens (primary N) is 1. The fraction of sp³-hybridized carbons (Fsp3) is 0.462. The van der Waals surface area contributed by atoms with Gasteiger partial charge in [0, 0.05) is 13.1 Å². The summed E-state index contributed by atoms with van der Waals surface area (Å²) in [5, 5.41) is 9.82. The number of β-amino-alcohol motifs (C(OH)–C–C–N with tert-alkyl or cyclic N) is 1. The van der Waals surface area contributed by atoms with Gasteiger partial charge in [0.05, 0.1) is 17.4 Å². The van der Waals surface area contributed by atoms with Gasteiger partial charge in [0.15, 0.2) is 0 Å². The summed E-state index contributed by atoms with van der Waals surface area (Å²) in [4.78, 5) is 13.9. The van der Waals surface area contributed by atoms with Crippen LogP contribution < -0.4 is 11.3 Å². The average molecular weight is 267 g/mol. The Labute approximate surface area is 111 Å². The number of hydrogen-bond donors (Lipinski definition) is 3. The molecule has 0 radical (unpaired) electrons. The zero-order valence-corrected chi connectivity index (χ0v) is 10.8. The molecular formula is C13H18FN3O2. The highest BCUT2D eigenvalue weighted by molar-refractivity contribution is 5.99. The highest BCUT2D eigenvalue weighted by Crippen LogP contribution is 2.23. The summed E-state index contributed by atoms with van der Waals surface area (Å²) in [5.41, 5.74) is 2.39. The summed E-state index contributed by atoms with van der Waals surface area (Å²) in [5.74, 6) is 4.54. The maximum Gasteiger partial charge on any atom is 0.256 e. The Balaban J connectivity index is 2.23. The molecule has 0 aliphatic carbocycles. The SMILES string of the molecule is CC1CCN(C(=O)c2cccc(F)c2NN)CC1O. The molecule has 2 unspecified atom stereocenters. The fourth-order valence-corrected chi connectivity index (χ4v) is 2.25. The zero-order chi connectivity index (χ0) is 14.0. The lowest BCUT2D eigenvalue weighted by Gasteiger charge is -2.34. The van der Waals surface area contributed by atoms with E-state index < -0.39 is 11.9 Å². The number of nitrogens with one attached hydrogen (secondary N) is 1. The van der Waals surface area contributed by atoms with E-state index in [1.807, 2.05) is 6.92 Å². The zero-order valence-electron chi connectivity index (χ0n) is 10.8. The number of likely N-dealkylation sites (tertiary alicyclic amines) is 1. The maximum absolute atomic E-state index is 13.6. The first-order valence-electron chi connectivity index (χ1n) is 6.27. The van der Waals surface area contributed by atoms with Gasteiger partial charge in [-0.3, -0.25) is 10.6 Å². The monoisotopic (exact) mass is 267 g/mol. The standard InChI is InChI=1S/C13H18FN3O2/c1-8-5-6-17(7-11(8)18)13(19)9-3-2-4-10(14)12(9)16-15/h2-4,8,11,16,18H,5-7,15H2,1H3. The topological polar surface area (TPSA) is 78.6 Å². The highest BCUT2D eigenvalue weighted by Gasteiger charge is 2.29. The van der Waals surface area contributed by atoms with Crippen LogP contribution in [-0.4, -0.2) is 35.1 Å². The molecule has 19 heavy (non-hydrogen) atoms. The van der Waals surface area contributed by atoms with E-state index in [9.17, 15) is 14.3 Å². The molecular weight excluding hydrogens is 249 g/mol. The smallest absolute Gasteiger partial charge is 0.256 e. The van der Waals surface area contributed by atoms with Crippen molar-refractivity contribution in [3.63, 3.8) is 0 Å². The molecule has 1 aliphatic rings. The van der Waals surface area contributed by atoms with E-state index in [0.29, 0.717) is 6.54 Å². The molecule has 0 spiro atoms. The van der Waals surface area contributed by atoms with Crippen molar-refractivity contribution in [1.29, 1.82) is 0 Å². The summed E-state index contributed by atoms with van der Waals surface area (Å²) >= 11 is 0. The Kier molecular flexibility index (Phi) is 4.01. The Morgan fingerprint density at radius 1 is 1.58 bits per heavy atom. The number of para-hydroxylation sites is 1. The van der Waals surface area contributed by atoms with E-state index in [2.05, 4.69) is 5.43 Å². The van der Waals surface area contributed by atoms with Crippen molar-refractivity contribution in [3.8, 4) is 0 Å². The van der Waals surface area contributed by atoms with Crippen LogP contribution in [0.1, 0.15) is 23.7 Å². The minimum Gasteiger partial charge on any atom is -0.391 e. The quantitative estimate of drug-likeness (QED) is 0.551. The molecule has 2 rings (SSSR count). The van der Waals surface area contributed by atoms with Crippen LogP contribution in [0.4, 0.5) is 10.1 Å². The number of hydrazine groups is 1. The van der Waals surface area contributed by atoms with Crippen molar-refractivity contribution < 1.29 is 14.3 Å². The molecule has 1 aliphatic heterocycles. The lowest BCUT2D eigenvalue weighted by molar-refractivity contribution is 0.0249. The van der Waals surface area contributed by atoms with Crippen molar-refractivity contribution in [1.82, 2.24) is 4.90 Å². The summed E-state index contributed by atoms with van der Waals surface area (Å²) in [6.07, 6.45) is 0.189. The van der Waals surface area contributed by atoms with Crippen molar-refractivity contribution in [2.24, 2.45) is 11.8 Å². The van der Waals surface area contributed by atoms with Gasteiger partial charge in [-0.2, -0.15) is 0 Å². The number of anilines is 1. The Hall–Kier alpha value is -1.66. The molecule has 0 bridgehead atoms. The van der Waals surface area contributed by atoms with Gasteiger partial charge in [-0.05, 0) is 24.5 Å². The number of rotatable bonds is 2. The number of halogens is 1. The van der Waals surface area contributed by atoms with Crippen LogP contribution in [0, 0.1) is 11.7 Å². The number of aliphatic hydroxyl groups is 1. The number of aliphatic hydroxyl groups excluding tert-OH is 1. The molecule has 4 N–H and O–H groups in total. The molecule has 104 valence electrons. The van der Waals surface area contributed by atoms with Gasteiger partial charge in [0.2, 0.25) is 0 Å². The predicted octanol–water partition coefficient (Wildman–Crippen LogP) is 0.954. The van der Waals surface area contributed by atoms with Gasteiger partial charge in [0.25, 0.3) is 5.91 Å². The lowest BCUT2D eigenvalue weighted by Crippen LogP contribution is -2.46. The van der Waals surface area contributed by atoms with Gasteiger partial charge >= 0.3 is 0 Å². The van der Waals surface area contributed by atoms with Crippen molar-refractivity contribution >= 4 is 11.6 Å². The van der Waals surface area contributed by atoms with Gasteiger partial charge in [-0.15, -0.1) is 0 Å². The third kappa shape index (κ3) is 2.69. The summed E-state index contributed by atoms with van der Waals surface area (Å²) in [6, 6.07) is 4.22. The molecule has 2 atom stereocenters. The number of amides is 1. The van der Waals surface area contributed by atoms with Crippen molar-refractivity contribution in [3.05, 3.63) is 29.6 Å². The molecule has 0 saturated carbocycles. The van der Waals surface area contributed by atoms with Crippen molar-refractivity contribution in [2.45, 2.75) is 19.4 Å². The maximum atomic E-state index is 13.6. The largest absolute Gasteiger partial charge is 0.391 e. The third-order valence-electron chi connectivity index (χ3n) is 3.59. The van der Waals surface area contributed by atoms with Gasteiger partial charge < -0.3 is 15.4 Å². The van der Waals surface area contributed by atoms with Crippen LogP contribution in [0.2, 0.25) is 0 Å². The van der Waals surface area contributed by atoms with Gasteiger partial charge in [-0.1, -0.05) is 13.0 Å². The summed E-state index contributed by atoms with van der Waals surface area (Å²) in [7, 11) is 0. The van der Waals surface area contributed by atoms with Crippen LogP contribution in [0.25, 0.3) is 0 Å². The molecule has 1 aromatic rings. The molecule has 0 aromatic heterocycles. The summed E-state index contributed by atoms with van der Waals surface area (Å²) in [6.45, 7) is 2.76. The predicted molar refractivity (Wildman–Crippen MR) is 69.9 cm³/mol. The van der Waals surface area contributed by atoms with Crippen LogP contribution in [-0.2, 0) is 0 Å². The number of nitrogen functional groups attached to an aromatic ring is 1. The van der Waals surface area contributed by atoms with E-state index in [1.165, 1.54) is 23.1 Å². The molecule has 1 fully saturated rings. The highest BCUT2D eigenvalue weighted by atomic mass is 19.1. The van der Waals surface area contributed by atoms with Crippen LogP contribution in [0.15, 0.2) is 18.2 Å². The normalized spacial score (nSPS) is 23.3. The van der Waals surface area contributed by atoms with E-state index >= 15 is 0 Å². The Morgan fingerprint density at radius 2 is 2.32 bits per heavy atom. The number of carbonyl (C=O) groups is 1. The number of nitrogens with zero attached hydrogens (tertiary/aromatic N) is 1. The van der Waals surface area contributed by atoms with Gasteiger partial charge in [0.1, 0.15) is 5.82 Å². The third-order valence-corrected chi connectivity index (χ3v) is 3.59. The van der Waals surface area contributed by atoms with Gasteiger partial charge in [-0.25, -0.2) is 4.39 Å². The van der Waals surface area contributed by atoms with Crippen LogP contribution in [0.5, 0.6) is 0 Å². The second kappa shape index (κ2) is 5.54. The Morgan fingerprint density at radius 3 is 2.95 bits per heavy atom. The summed E-state index contributed by atoms with van der Waals surface area (Å²) < 4.78 is 13.6. The number of carbonyl (C=O) groups excluding carboxylic acids is 1. The molecule has 1 saturated heterocycles. The lowest BCUT2D eigenvalue weighted by atomic mass is 9.95. The average Bonchev–Trinajstić information content (AvgIpc) is 2.40. The van der Waals surface area contributed by atoms with Crippen molar-refractivity contribution in [2.75, 3.05) is 18.5 Å². The number of hydrogen-bond acceptors (Lipinski definition) is 4. The number of piperidine rings is 1. The minimum absolute atomic E-state index is 0.0133. The molecule has 1 heterocycles. The van der Waals surface area contributed by atoms with Crippen LogP contribution in [0.3, 0.4) is 0 Å². The first-order valence-corrected chi connectivity index (χ1v) is 6.27. The Bertz CT molecular complexity index is 481. The van der Waals surface area contributed by atoms with E-state index in [4.69, 9.17) is 5.84 Å². The molecule has 5 nitrogen and oxygen atoms in total. The van der Waals surface area contributed by atoms with Crippen LogP contribution >= 0.6 is 0 Å². The van der Waals surface area contributed by atoms with E-state index in [-0.39, 0.29) is 29.6 Å². The first-order chi connectivity index (χ1) is 9.04. The molecule has 6 heteroatoms. The second-order valence-electron chi connectivity index (χ2n) is 4.89. The van der Waals surface area contributed by atoms with E-state index in [1.54, 1.807) is 0 Å². The minimum atomic E-state index is -0.570. The molecule has 1 aromatic carbocycles. The van der Waals surface area contributed by atoms with E-state index in [0.717, 1.165) is 6.42 Å².